The molecule has 0 heterocycles. The van der Waals surface area contributed by atoms with Crippen LogP contribution < -0.4 is 0 Å². The minimum absolute atomic E-state index is 0.628. The SMILES string of the molecule is CCC1(F)/C=C\CCCCC1. The highest BCUT2D eigenvalue weighted by atomic mass is 19.1. The Bertz CT molecular complexity index is 140. The molecule has 1 heteroatoms. The number of allylic oxidation sites excluding steroid dienone is 2. The summed E-state index contributed by atoms with van der Waals surface area (Å²) in [4.78, 5) is 0. The van der Waals surface area contributed by atoms with E-state index < -0.39 is 5.67 Å². The zero-order valence-corrected chi connectivity index (χ0v) is 7.28. The molecule has 1 rings (SSSR count). The highest BCUT2D eigenvalue weighted by Gasteiger charge is 2.23. The van der Waals surface area contributed by atoms with Crippen molar-refractivity contribution in [2.24, 2.45) is 0 Å². The van der Waals surface area contributed by atoms with Crippen molar-refractivity contribution >= 4 is 0 Å². The number of hydrogen-bond acceptors (Lipinski definition) is 0. The van der Waals surface area contributed by atoms with Gasteiger partial charge in [0.2, 0.25) is 0 Å². The lowest BCUT2D eigenvalue weighted by atomic mass is 9.92. The van der Waals surface area contributed by atoms with E-state index in [0.717, 1.165) is 19.3 Å². The van der Waals surface area contributed by atoms with Gasteiger partial charge in [0.15, 0.2) is 0 Å². The zero-order chi connectivity index (χ0) is 8.16. The summed E-state index contributed by atoms with van der Waals surface area (Å²) in [6.45, 7) is 1.92. The third-order valence-electron chi connectivity index (χ3n) is 2.47. The molecule has 0 nitrogen and oxygen atoms in total. The van der Waals surface area contributed by atoms with Crippen molar-refractivity contribution in [3.8, 4) is 0 Å². The fraction of sp³-hybridized carbons (Fsp3) is 0.800. The van der Waals surface area contributed by atoms with E-state index in [1.165, 1.54) is 12.8 Å². The van der Waals surface area contributed by atoms with E-state index >= 15 is 0 Å². The first-order valence-electron chi connectivity index (χ1n) is 4.63. The van der Waals surface area contributed by atoms with Crippen LogP contribution in [-0.4, -0.2) is 5.67 Å². The first-order valence-corrected chi connectivity index (χ1v) is 4.63. The van der Waals surface area contributed by atoms with Crippen LogP contribution in [0, 0.1) is 0 Å². The second kappa shape index (κ2) is 3.89. The molecule has 0 N–H and O–H groups in total. The summed E-state index contributed by atoms with van der Waals surface area (Å²) < 4.78 is 13.7. The highest BCUT2D eigenvalue weighted by Crippen LogP contribution is 2.27. The molecule has 0 spiro atoms. The maximum absolute atomic E-state index is 13.7. The number of hydrogen-bond donors (Lipinski definition) is 0. The first-order chi connectivity index (χ1) is 5.27. The Morgan fingerprint density at radius 1 is 1.36 bits per heavy atom. The molecule has 0 aromatic heterocycles. The van der Waals surface area contributed by atoms with Gasteiger partial charge in [-0.2, -0.15) is 0 Å². The molecular formula is C10H17F. The van der Waals surface area contributed by atoms with Crippen LogP contribution in [0.5, 0.6) is 0 Å². The van der Waals surface area contributed by atoms with Crippen LogP contribution in [0.25, 0.3) is 0 Å². The minimum atomic E-state index is -0.986. The van der Waals surface area contributed by atoms with Gasteiger partial charge in [-0.25, -0.2) is 4.39 Å². The van der Waals surface area contributed by atoms with E-state index in [-0.39, 0.29) is 0 Å². The van der Waals surface area contributed by atoms with Gasteiger partial charge >= 0.3 is 0 Å². The lowest BCUT2D eigenvalue weighted by Crippen LogP contribution is -2.18. The van der Waals surface area contributed by atoms with E-state index in [2.05, 4.69) is 0 Å². The van der Waals surface area contributed by atoms with Crippen molar-refractivity contribution in [2.45, 2.75) is 51.1 Å². The Balaban J connectivity index is 2.54. The summed E-state index contributed by atoms with van der Waals surface area (Å²) in [5, 5.41) is 0. The molecule has 0 fully saturated rings. The van der Waals surface area contributed by atoms with Crippen molar-refractivity contribution in [1.82, 2.24) is 0 Å². The largest absolute Gasteiger partial charge is 0.239 e. The van der Waals surface area contributed by atoms with Gasteiger partial charge in [-0.3, -0.25) is 0 Å². The fourth-order valence-electron chi connectivity index (χ4n) is 1.53. The van der Waals surface area contributed by atoms with Crippen LogP contribution >= 0.6 is 0 Å². The van der Waals surface area contributed by atoms with E-state index in [4.69, 9.17) is 0 Å². The van der Waals surface area contributed by atoms with Crippen molar-refractivity contribution < 1.29 is 4.39 Å². The third-order valence-corrected chi connectivity index (χ3v) is 2.47. The van der Waals surface area contributed by atoms with Crippen LogP contribution in [0.15, 0.2) is 12.2 Å². The van der Waals surface area contributed by atoms with E-state index in [9.17, 15) is 4.39 Å². The Labute approximate surface area is 68.5 Å². The molecule has 64 valence electrons. The summed E-state index contributed by atoms with van der Waals surface area (Å²) in [6, 6.07) is 0. The van der Waals surface area contributed by atoms with Gasteiger partial charge in [-0.05, 0) is 32.1 Å². The standard InChI is InChI=1S/C10H17F/c1-2-10(11)8-6-4-3-5-7-9-10/h6,8H,2-5,7,9H2,1H3/b8-6-. The van der Waals surface area contributed by atoms with Crippen LogP contribution in [0.1, 0.15) is 45.4 Å². The zero-order valence-electron chi connectivity index (χ0n) is 7.28. The predicted molar refractivity (Wildman–Crippen MR) is 46.4 cm³/mol. The van der Waals surface area contributed by atoms with E-state index in [1.807, 2.05) is 13.0 Å². The van der Waals surface area contributed by atoms with Gasteiger partial charge in [0.05, 0.1) is 0 Å². The fourth-order valence-corrected chi connectivity index (χ4v) is 1.53. The average molecular weight is 156 g/mol. The van der Waals surface area contributed by atoms with Crippen LogP contribution in [0.4, 0.5) is 4.39 Å². The summed E-state index contributed by atoms with van der Waals surface area (Å²) in [6.07, 6.45) is 9.66. The van der Waals surface area contributed by atoms with Crippen molar-refractivity contribution in [3.05, 3.63) is 12.2 Å². The normalized spacial score (nSPS) is 35.8. The minimum Gasteiger partial charge on any atom is -0.239 e. The van der Waals surface area contributed by atoms with Crippen molar-refractivity contribution in [3.63, 3.8) is 0 Å². The second-order valence-electron chi connectivity index (χ2n) is 3.39. The molecule has 0 saturated carbocycles. The van der Waals surface area contributed by atoms with Gasteiger partial charge in [-0.15, -0.1) is 0 Å². The second-order valence-corrected chi connectivity index (χ2v) is 3.39. The maximum Gasteiger partial charge on any atom is 0.128 e. The van der Waals surface area contributed by atoms with Gasteiger partial charge in [0.1, 0.15) is 5.67 Å². The molecule has 0 amide bonds. The van der Waals surface area contributed by atoms with E-state index in [0.29, 0.717) is 6.42 Å². The third kappa shape index (κ3) is 2.64. The lowest BCUT2D eigenvalue weighted by molar-refractivity contribution is 0.198. The van der Waals surface area contributed by atoms with Gasteiger partial charge in [0, 0.05) is 0 Å². The van der Waals surface area contributed by atoms with Crippen molar-refractivity contribution in [2.75, 3.05) is 0 Å². The van der Waals surface area contributed by atoms with E-state index in [1.54, 1.807) is 6.08 Å². The van der Waals surface area contributed by atoms with Crippen LogP contribution in [0.3, 0.4) is 0 Å². The molecule has 1 aliphatic rings. The number of alkyl halides is 1. The number of halogens is 1. The molecule has 1 unspecified atom stereocenters. The molecule has 0 aromatic rings. The summed E-state index contributed by atoms with van der Waals surface area (Å²) in [7, 11) is 0. The summed E-state index contributed by atoms with van der Waals surface area (Å²) in [5.41, 5.74) is -0.986. The van der Waals surface area contributed by atoms with Gasteiger partial charge < -0.3 is 0 Å². The van der Waals surface area contributed by atoms with Gasteiger partial charge in [0.25, 0.3) is 0 Å². The molecule has 0 saturated heterocycles. The summed E-state index contributed by atoms with van der Waals surface area (Å²) in [5.74, 6) is 0. The molecule has 1 aliphatic carbocycles. The molecular weight excluding hydrogens is 139 g/mol. The molecule has 11 heavy (non-hydrogen) atoms. The maximum atomic E-state index is 13.7. The van der Waals surface area contributed by atoms with Crippen molar-refractivity contribution in [1.29, 1.82) is 0 Å². The van der Waals surface area contributed by atoms with Crippen LogP contribution in [0.2, 0.25) is 0 Å². The smallest absolute Gasteiger partial charge is 0.128 e. The monoisotopic (exact) mass is 156 g/mol. The van der Waals surface area contributed by atoms with Gasteiger partial charge in [-0.1, -0.05) is 25.5 Å². The Morgan fingerprint density at radius 2 is 2.18 bits per heavy atom. The molecule has 0 aromatic carbocycles. The predicted octanol–water partition coefficient (Wildman–Crippen LogP) is 3.63. The lowest BCUT2D eigenvalue weighted by Gasteiger charge is -2.21. The molecule has 0 bridgehead atoms. The Hall–Kier alpha value is -0.330. The Morgan fingerprint density at radius 3 is 2.91 bits per heavy atom. The summed E-state index contributed by atoms with van der Waals surface area (Å²) >= 11 is 0. The molecule has 1 atom stereocenters. The molecule has 0 radical (unpaired) electrons. The topological polar surface area (TPSA) is 0 Å². The number of rotatable bonds is 1. The van der Waals surface area contributed by atoms with Crippen LogP contribution in [-0.2, 0) is 0 Å². The average Bonchev–Trinajstić information content (AvgIpc) is 1.98. The Kier molecular flexibility index (Phi) is 3.10. The first kappa shape index (κ1) is 8.76. The quantitative estimate of drug-likeness (QED) is 0.508. The molecule has 0 aliphatic heterocycles. The highest BCUT2D eigenvalue weighted by molar-refractivity contribution is 5.01.